The van der Waals surface area contributed by atoms with E-state index in [1.54, 1.807) is 12.1 Å². The van der Waals surface area contributed by atoms with E-state index in [0.717, 1.165) is 18.4 Å². The van der Waals surface area contributed by atoms with E-state index in [0.29, 0.717) is 18.4 Å². The van der Waals surface area contributed by atoms with Gasteiger partial charge in [-0.2, -0.15) is 0 Å². The third-order valence-corrected chi connectivity index (χ3v) is 3.62. The van der Waals surface area contributed by atoms with Crippen LogP contribution in [0.15, 0.2) is 24.3 Å². The SMILES string of the molecule is CCC(CC)C(Cc1ccccc1[N+](=O)[O-])NC. The second-order valence-corrected chi connectivity index (χ2v) is 4.56. The Morgan fingerprint density at radius 1 is 1.28 bits per heavy atom. The fourth-order valence-corrected chi connectivity index (χ4v) is 2.46. The summed E-state index contributed by atoms with van der Waals surface area (Å²) in [6, 6.07) is 7.30. The molecule has 1 aromatic rings. The van der Waals surface area contributed by atoms with Crippen molar-refractivity contribution in [3.05, 3.63) is 39.9 Å². The van der Waals surface area contributed by atoms with Gasteiger partial charge in [0.25, 0.3) is 5.69 Å². The van der Waals surface area contributed by atoms with Gasteiger partial charge in [-0.1, -0.05) is 44.9 Å². The van der Waals surface area contributed by atoms with Gasteiger partial charge in [0.2, 0.25) is 0 Å². The quantitative estimate of drug-likeness (QED) is 0.597. The number of rotatable bonds is 7. The fraction of sp³-hybridized carbons (Fsp3) is 0.571. The van der Waals surface area contributed by atoms with Crippen LogP contribution in [0.5, 0.6) is 0 Å². The molecular weight excluding hydrogens is 228 g/mol. The molecule has 0 aliphatic heterocycles. The lowest BCUT2D eigenvalue weighted by Crippen LogP contribution is -2.35. The van der Waals surface area contributed by atoms with Crippen LogP contribution in [0.4, 0.5) is 5.69 Å². The molecule has 1 unspecified atom stereocenters. The highest BCUT2D eigenvalue weighted by molar-refractivity contribution is 5.40. The van der Waals surface area contributed by atoms with E-state index in [2.05, 4.69) is 19.2 Å². The summed E-state index contributed by atoms with van der Waals surface area (Å²) in [5.41, 5.74) is 1.04. The highest BCUT2D eigenvalue weighted by Gasteiger charge is 2.21. The molecule has 0 saturated carbocycles. The first-order valence-corrected chi connectivity index (χ1v) is 6.53. The predicted molar refractivity (Wildman–Crippen MR) is 73.7 cm³/mol. The lowest BCUT2D eigenvalue weighted by Gasteiger charge is -2.24. The normalized spacial score (nSPS) is 12.7. The monoisotopic (exact) mass is 250 g/mol. The van der Waals surface area contributed by atoms with Gasteiger partial charge in [-0.05, 0) is 19.4 Å². The zero-order chi connectivity index (χ0) is 13.5. The highest BCUT2D eigenvalue weighted by atomic mass is 16.6. The molecule has 18 heavy (non-hydrogen) atoms. The Balaban J connectivity index is 2.91. The molecule has 0 aromatic heterocycles. The molecular formula is C14H22N2O2. The number of benzene rings is 1. The van der Waals surface area contributed by atoms with E-state index in [9.17, 15) is 10.1 Å². The van der Waals surface area contributed by atoms with Crippen LogP contribution in [0, 0.1) is 16.0 Å². The van der Waals surface area contributed by atoms with Crippen LogP contribution in [-0.4, -0.2) is 18.0 Å². The molecule has 0 radical (unpaired) electrons. The lowest BCUT2D eigenvalue weighted by atomic mass is 9.89. The van der Waals surface area contributed by atoms with Crippen LogP contribution in [0.1, 0.15) is 32.3 Å². The molecule has 4 nitrogen and oxygen atoms in total. The summed E-state index contributed by atoms with van der Waals surface area (Å²) in [5.74, 6) is 0.551. The van der Waals surface area contributed by atoms with Gasteiger partial charge in [-0.3, -0.25) is 10.1 Å². The molecule has 4 heteroatoms. The Hall–Kier alpha value is -1.42. The summed E-state index contributed by atoms with van der Waals surface area (Å²) < 4.78 is 0. The molecule has 0 saturated heterocycles. The minimum atomic E-state index is -0.297. The Morgan fingerprint density at radius 3 is 2.39 bits per heavy atom. The Morgan fingerprint density at radius 2 is 1.89 bits per heavy atom. The van der Waals surface area contributed by atoms with Gasteiger partial charge in [-0.25, -0.2) is 0 Å². The lowest BCUT2D eigenvalue weighted by molar-refractivity contribution is -0.385. The summed E-state index contributed by atoms with van der Waals surface area (Å²) >= 11 is 0. The number of nitro groups is 1. The molecule has 0 fully saturated rings. The third kappa shape index (κ3) is 3.53. The van der Waals surface area contributed by atoms with E-state index >= 15 is 0 Å². The van der Waals surface area contributed by atoms with Crippen LogP contribution >= 0.6 is 0 Å². The van der Waals surface area contributed by atoms with Crippen molar-refractivity contribution in [2.75, 3.05) is 7.05 Å². The van der Waals surface area contributed by atoms with Crippen LogP contribution < -0.4 is 5.32 Å². The molecule has 0 heterocycles. The van der Waals surface area contributed by atoms with Gasteiger partial charge in [0.1, 0.15) is 0 Å². The maximum Gasteiger partial charge on any atom is 0.272 e. The Kier molecular flexibility index (Phi) is 5.78. The van der Waals surface area contributed by atoms with Crippen LogP contribution in [0.25, 0.3) is 0 Å². The van der Waals surface area contributed by atoms with Gasteiger partial charge in [0, 0.05) is 17.7 Å². The highest BCUT2D eigenvalue weighted by Crippen LogP contribution is 2.23. The van der Waals surface area contributed by atoms with Crippen molar-refractivity contribution in [1.29, 1.82) is 0 Å². The first-order chi connectivity index (χ1) is 8.63. The maximum atomic E-state index is 11.0. The number of nitrogens with zero attached hydrogens (tertiary/aromatic N) is 1. The van der Waals surface area contributed by atoms with Crippen LogP contribution in [0.3, 0.4) is 0 Å². The molecule has 0 amide bonds. The summed E-state index contributed by atoms with van der Waals surface area (Å²) in [6.45, 7) is 4.33. The van der Waals surface area contributed by atoms with Crippen molar-refractivity contribution in [3.63, 3.8) is 0 Å². The van der Waals surface area contributed by atoms with E-state index in [4.69, 9.17) is 0 Å². The first kappa shape index (κ1) is 14.6. The van der Waals surface area contributed by atoms with Gasteiger partial charge >= 0.3 is 0 Å². The van der Waals surface area contributed by atoms with Crippen molar-refractivity contribution in [2.24, 2.45) is 5.92 Å². The topological polar surface area (TPSA) is 55.2 Å². The zero-order valence-electron chi connectivity index (χ0n) is 11.3. The molecule has 0 aliphatic carbocycles. The maximum absolute atomic E-state index is 11.0. The molecule has 1 rings (SSSR count). The van der Waals surface area contributed by atoms with E-state index < -0.39 is 0 Å². The first-order valence-electron chi connectivity index (χ1n) is 6.53. The number of nitrogens with one attached hydrogen (secondary N) is 1. The molecule has 1 aromatic carbocycles. The number of likely N-dealkylation sites (N-methyl/N-ethyl adjacent to an activating group) is 1. The average molecular weight is 250 g/mol. The number of hydrogen-bond donors (Lipinski definition) is 1. The van der Waals surface area contributed by atoms with Crippen LogP contribution in [0.2, 0.25) is 0 Å². The largest absolute Gasteiger partial charge is 0.316 e. The van der Waals surface area contributed by atoms with Crippen molar-refractivity contribution in [1.82, 2.24) is 5.32 Å². The minimum absolute atomic E-state index is 0.226. The number of nitro benzene ring substituents is 1. The second kappa shape index (κ2) is 7.11. The van der Waals surface area contributed by atoms with Crippen molar-refractivity contribution < 1.29 is 4.92 Å². The smallest absolute Gasteiger partial charge is 0.272 e. The zero-order valence-corrected chi connectivity index (χ0v) is 11.3. The van der Waals surface area contributed by atoms with E-state index in [-0.39, 0.29) is 10.6 Å². The Bertz CT molecular complexity index is 389. The average Bonchev–Trinajstić information content (AvgIpc) is 2.39. The van der Waals surface area contributed by atoms with Crippen molar-refractivity contribution in [3.8, 4) is 0 Å². The molecule has 0 aliphatic rings. The third-order valence-electron chi connectivity index (χ3n) is 3.62. The molecule has 1 atom stereocenters. The fourth-order valence-electron chi connectivity index (χ4n) is 2.46. The van der Waals surface area contributed by atoms with Gasteiger partial charge in [-0.15, -0.1) is 0 Å². The summed E-state index contributed by atoms with van der Waals surface area (Å²) in [7, 11) is 1.93. The number of hydrogen-bond acceptors (Lipinski definition) is 3. The minimum Gasteiger partial charge on any atom is -0.316 e. The predicted octanol–water partition coefficient (Wildman–Crippen LogP) is 3.16. The molecule has 1 N–H and O–H groups in total. The Labute approximate surface area is 109 Å². The van der Waals surface area contributed by atoms with E-state index in [1.165, 1.54) is 0 Å². The van der Waals surface area contributed by atoms with Crippen LogP contribution in [-0.2, 0) is 6.42 Å². The van der Waals surface area contributed by atoms with Crippen molar-refractivity contribution in [2.45, 2.75) is 39.2 Å². The van der Waals surface area contributed by atoms with E-state index in [1.807, 2.05) is 19.2 Å². The summed E-state index contributed by atoms with van der Waals surface area (Å²) in [5, 5.41) is 14.3. The van der Waals surface area contributed by atoms with Gasteiger partial charge in [0.05, 0.1) is 4.92 Å². The van der Waals surface area contributed by atoms with Gasteiger partial charge in [0.15, 0.2) is 0 Å². The molecule has 100 valence electrons. The summed E-state index contributed by atoms with van der Waals surface area (Å²) in [4.78, 5) is 10.7. The van der Waals surface area contributed by atoms with Crippen molar-refractivity contribution >= 4 is 5.69 Å². The molecule has 0 spiro atoms. The summed E-state index contributed by atoms with van der Waals surface area (Å²) in [6.07, 6.45) is 2.88. The second-order valence-electron chi connectivity index (χ2n) is 4.56. The number of para-hydroxylation sites is 1. The standard InChI is InChI=1S/C14H22N2O2/c1-4-11(5-2)13(15-3)10-12-8-6-7-9-14(12)16(17)18/h6-9,11,13,15H,4-5,10H2,1-3H3. The van der Waals surface area contributed by atoms with Gasteiger partial charge < -0.3 is 5.32 Å². The molecule has 0 bridgehead atoms.